The first-order valence-corrected chi connectivity index (χ1v) is 9.54. The van der Waals surface area contributed by atoms with E-state index in [4.69, 9.17) is 4.74 Å². The van der Waals surface area contributed by atoms with Crippen LogP contribution in [0.25, 0.3) is 0 Å². The van der Waals surface area contributed by atoms with Crippen molar-refractivity contribution in [2.24, 2.45) is 11.8 Å². The van der Waals surface area contributed by atoms with Crippen LogP contribution in [0, 0.1) is 11.8 Å². The summed E-state index contributed by atoms with van der Waals surface area (Å²) in [5.41, 5.74) is 0.318. The Bertz CT molecular complexity index is 516. The van der Waals surface area contributed by atoms with E-state index in [0.29, 0.717) is 17.4 Å². The number of nitrogens with zero attached hydrogens (tertiary/aromatic N) is 1. The van der Waals surface area contributed by atoms with E-state index in [1.165, 1.54) is 6.42 Å². The molecule has 1 aromatic rings. The van der Waals surface area contributed by atoms with Crippen LogP contribution in [-0.4, -0.2) is 36.1 Å². The van der Waals surface area contributed by atoms with Crippen LogP contribution in [0.3, 0.4) is 0 Å². The third kappa shape index (κ3) is 5.21. The molecule has 0 bridgehead atoms. The molecule has 3 nitrogen and oxygen atoms in total. The molecule has 0 aliphatic heterocycles. The highest BCUT2D eigenvalue weighted by Crippen LogP contribution is 2.43. The molecule has 142 valence electrons. The van der Waals surface area contributed by atoms with Gasteiger partial charge in [0.15, 0.2) is 0 Å². The van der Waals surface area contributed by atoms with Gasteiger partial charge in [-0.25, -0.2) is 4.79 Å². The van der Waals surface area contributed by atoms with Crippen molar-refractivity contribution in [1.82, 2.24) is 4.90 Å². The molecular weight excluding hydrogens is 334 g/mol. The summed E-state index contributed by atoms with van der Waals surface area (Å²) in [6.45, 7) is 11.9. The average Bonchev–Trinajstić information content (AvgIpc) is 2.61. The Morgan fingerprint density at radius 3 is 2.40 bits per heavy atom. The molecule has 2 atom stereocenters. The molecule has 0 heterocycles. The molecule has 1 aliphatic carbocycles. The van der Waals surface area contributed by atoms with Crippen molar-refractivity contribution in [3.8, 4) is 0 Å². The molecule has 1 aliphatic rings. The summed E-state index contributed by atoms with van der Waals surface area (Å²) in [7, 11) is 0. The molecule has 0 aromatic heterocycles. The van der Waals surface area contributed by atoms with Crippen molar-refractivity contribution in [2.75, 3.05) is 19.6 Å². The van der Waals surface area contributed by atoms with Gasteiger partial charge < -0.3 is 9.64 Å². The number of hydrogen-bond acceptors (Lipinski definition) is 3. The van der Waals surface area contributed by atoms with E-state index in [1.54, 1.807) is 0 Å². The zero-order valence-electron chi connectivity index (χ0n) is 16.2. The third-order valence-electron chi connectivity index (χ3n) is 5.70. The summed E-state index contributed by atoms with van der Waals surface area (Å²) in [4.78, 5) is 15.2. The topological polar surface area (TPSA) is 29.5 Å². The summed E-state index contributed by atoms with van der Waals surface area (Å²) in [5.74, 6) is 0.570. The number of hydrogen-bond donors (Lipinski definition) is 0. The van der Waals surface area contributed by atoms with Gasteiger partial charge in [-0.2, -0.15) is 0 Å². The predicted octanol–water partition coefficient (Wildman–Crippen LogP) is 5.19. The van der Waals surface area contributed by atoms with Crippen molar-refractivity contribution < 1.29 is 9.53 Å². The van der Waals surface area contributed by atoms with Crippen molar-refractivity contribution >= 4 is 18.4 Å². The van der Waals surface area contributed by atoms with Crippen LogP contribution >= 0.6 is 12.4 Å². The van der Waals surface area contributed by atoms with Gasteiger partial charge in [0.1, 0.15) is 5.60 Å². The fraction of sp³-hybridized carbons (Fsp3) is 0.667. The summed E-state index contributed by atoms with van der Waals surface area (Å²) in [6.07, 6.45) is 4.52. The van der Waals surface area contributed by atoms with Crippen LogP contribution < -0.4 is 0 Å². The van der Waals surface area contributed by atoms with Gasteiger partial charge in [-0.15, -0.1) is 12.4 Å². The number of carbonyl (C=O) groups is 1. The van der Waals surface area contributed by atoms with Crippen molar-refractivity contribution in [3.63, 3.8) is 0 Å². The minimum Gasteiger partial charge on any atom is -0.455 e. The quantitative estimate of drug-likeness (QED) is 0.621. The van der Waals surface area contributed by atoms with E-state index in [1.807, 2.05) is 30.3 Å². The Balaban J connectivity index is 0.00000312. The molecule has 1 saturated carbocycles. The zero-order chi connectivity index (χ0) is 17.6. The average molecular weight is 368 g/mol. The van der Waals surface area contributed by atoms with Crippen molar-refractivity contribution in [3.05, 3.63) is 35.9 Å². The van der Waals surface area contributed by atoms with Crippen LogP contribution in [-0.2, 0) is 4.74 Å². The number of benzene rings is 1. The largest absolute Gasteiger partial charge is 0.455 e. The first-order chi connectivity index (χ1) is 11.5. The lowest BCUT2D eigenvalue weighted by atomic mass is 9.69. The Kier molecular flexibility index (Phi) is 8.95. The maximum absolute atomic E-state index is 12.8. The smallest absolute Gasteiger partial charge is 0.338 e. The lowest BCUT2D eigenvalue weighted by Gasteiger charge is -2.47. The van der Waals surface area contributed by atoms with Crippen LogP contribution in [0.1, 0.15) is 63.7 Å². The first-order valence-electron chi connectivity index (χ1n) is 9.54. The maximum Gasteiger partial charge on any atom is 0.338 e. The zero-order valence-corrected chi connectivity index (χ0v) is 17.0. The van der Waals surface area contributed by atoms with Gasteiger partial charge in [0.2, 0.25) is 0 Å². The van der Waals surface area contributed by atoms with Crippen molar-refractivity contribution in [1.29, 1.82) is 0 Å². The van der Waals surface area contributed by atoms with Gasteiger partial charge in [0.25, 0.3) is 0 Å². The van der Waals surface area contributed by atoms with Crippen LogP contribution in [0.4, 0.5) is 0 Å². The second-order valence-corrected chi connectivity index (χ2v) is 7.29. The van der Waals surface area contributed by atoms with E-state index >= 15 is 0 Å². The van der Waals surface area contributed by atoms with Gasteiger partial charge in [0.05, 0.1) is 5.56 Å². The van der Waals surface area contributed by atoms with E-state index in [9.17, 15) is 4.79 Å². The minimum absolute atomic E-state index is 0. The number of ether oxygens (including phenoxy) is 1. The number of carbonyl (C=O) groups excluding carboxylic acids is 1. The normalized spacial score (nSPS) is 23.4. The molecule has 1 aromatic carbocycles. The summed E-state index contributed by atoms with van der Waals surface area (Å²) in [6, 6.07) is 9.41. The molecule has 2 rings (SSSR count). The van der Waals surface area contributed by atoms with Crippen LogP contribution in [0.5, 0.6) is 0 Å². The molecule has 0 spiro atoms. The number of rotatable bonds is 7. The third-order valence-corrected chi connectivity index (χ3v) is 5.70. The lowest BCUT2D eigenvalue weighted by Crippen LogP contribution is -2.53. The highest BCUT2D eigenvalue weighted by atomic mass is 35.5. The predicted molar refractivity (Wildman–Crippen MR) is 106 cm³/mol. The highest BCUT2D eigenvalue weighted by molar-refractivity contribution is 5.89. The minimum atomic E-state index is -0.340. The van der Waals surface area contributed by atoms with E-state index < -0.39 is 0 Å². The Labute approximate surface area is 159 Å². The highest BCUT2D eigenvalue weighted by Gasteiger charge is 2.47. The standard InChI is InChI=1S/C21H33NO2.ClH/c1-5-22(6-2)16-19-14-10-11-15-21(19,17(3)4)24-20(23)18-12-8-7-9-13-18;/h7-9,12-13,17,19H,5-6,10-11,14-16H2,1-4H3;1H. The molecule has 0 radical (unpaired) electrons. The van der Waals surface area contributed by atoms with Gasteiger partial charge in [-0.1, -0.05) is 52.3 Å². The number of halogens is 1. The van der Waals surface area contributed by atoms with Gasteiger partial charge in [0, 0.05) is 12.5 Å². The van der Waals surface area contributed by atoms with Gasteiger partial charge in [-0.05, 0) is 50.4 Å². The second kappa shape index (κ2) is 10.2. The maximum atomic E-state index is 12.8. The molecule has 4 heteroatoms. The summed E-state index contributed by atoms with van der Waals surface area (Å²) in [5, 5.41) is 0. The van der Waals surface area contributed by atoms with E-state index in [-0.39, 0.29) is 24.0 Å². The molecular formula is C21H34ClNO2. The summed E-state index contributed by atoms with van der Waals surface area (Å²) < 4.78 is 6.26. The molecule has 0 saturated heterocycles. The Hall–Kier alpha value is -1.06. The first kappa shape index (κ1) is 22.0. The Morgan fingerprint density at radius 2 is 1.84 bits per heavy atom. The fourth-order valence-electron chi connectivity index (χ4n) is 4.10. The van der Waals surface area contributed by atoms with E-state index in [0.717, 1.165) is 38.9 Å². The molecule has 0 N–H and O–H groups in total. The SMILES string of the molecule is CCN(CC)CC1CCCCC1(OC(=O)c1ccccc1)C(C)C.Cl. The molecule has 1 fully saturated rings. The van der Waals surface area contributed by atoms with Crippen molar-refractivity contribution in [2.45, 2.75) is 59.0 Å². The second-order valence-electron chi connectivity index (χ2n) is 7.29. The monoisotopic (exact) mass is 367 g/mol. The molecule has 25 heavy (non-hydrogen) atoms. The number of esters is 1. The molecule has 2 unspecified atom stereocenters. The fourth-order valence-corrected chi connectivity index (χ4v) is 4.10. The van der Waals surface area contributed by atoms with Gasteiger partial charge in [-0.3, -0.25) is 0 Å². The molecule has 0 amide bonds. The summed E-state index contributed by atoms with van der Waals surface area (Å²) >= 11 is 0. The van der Waals surface area contributed by atoms with E-state index in [2.05, 4.69) is 32.6 Å². The van der Waals surface area contributed by atoms with Gasteiger partial charge >= 0.3 is 5.97 Å². The van der Waals surface area contributed by atoms with Crippen LogP contribution in [0.15, 0.2) is 30.3 Å². The Morgan fingerprint density at radius 1 is 1.20 bits per heavy atom. The van der Waals surface area contributed by atoms with Crippen LogP contribution in [0.2, 0.25) is 0 Å². The lowest BCUT2D eigenvalue weighted by molar-refractivity contribution is -0.106.